The van der Waals surface area contributed by atoms with Crippen LogP contribution in [0, 0.1) is 0 Å². The van der Waals surface area contributed by atoms with Gasteiger partial charge in [0, 0.05) is 10.7 Å². The Morgan fingerprint density at radius 1 is 1.00 bits per heavy atom. The van der Waals surface area contributed by atoms with Gasteiger partial charge in [-0.1, -0.05) is 71.8 Å². The number of carbonyl (C=O) groups is 2. The lowest BCUT2D eigenvalue weighted by molar-refractivity contribution is 0.0913. The number of aromatic nitrogens is 2. The van der Waals surface area contributed by atoms with E-state index in [9.17, 15) is 9.59 Å². The van der Waals surface area contributed by atoms with Gasteiger partial charge in [-0.15, -0.1) is 5.10 Å². The van der Waals surface area contributed by atoms with Crippen LogP contribution < -0.4 is 5.32 Å². The van der Waals surface area contributed by atoms with Crippen molar-refractivity contribution in [2.24, 2.45) is 0 Å². The number of nitrogens with one attached hydrogen (secondary N) is 1. The third-order valence-corrected chi connectivity index (χ3v) is 4.63. The molecule has 0 radical (unpaired) electrons. The lowest BCUT2D eigenvalue weighted by atomic mass is 10.1. The molecule has 0 saturated carbocycles. The monoisotopic (exact) mass is 419 g/mol. The minimum atomic E-state index is -0.725. The van der Waals surface area contributed by atoms with Crippen LogP contribution in [-0.4, -0.2) is 33.5 Å². The van der Waals surface area contributed by atoms with Crippen LogP contribution >= 0.6 is 27.5 Å². The van der Waals surface area contributed by atoms with E-state index in [-0.39, 0.29) is 5.69 Å². The summed E-state index contributed by atoms with van der Waals surface area (Å²) in [6, 6.07) is 0. The molecule has 8 heteroatoms. The number of hydrogen-bond acceptors (Lipinski definition) is 6. The molecule has 0 spiro atoms. The first kappa shape index (κ1) is 21.0. The summed E-state index contributed by atoms with van der Waals surface area (Å²) < 4.78 is 8.54. The smallest absolute Gasteiger partial charge is 0.414 e. The van der Waals surface area contributed by atoms with E-state index < -0.39 is 12.0 Å². The van der Waals surface area contributed by atoms with Gasteiger partial charge in [0.1, 0.15) is 0 Å². The number of halogens is 1. The zero-order chi connectivity index (χ0) is 17.5. The molecular weight excluding hydrogens is 394 g/mol. The molecule has 0 atom stereocenters. The molecule has 0 bridgehead atoms. The second-order valence-corrected chi connectivity index (χ2v) is 7.01. The Labute approximate surface area is 156 Å². The maximum Gasteiger partial charge on any atom is 0.414 e. The maximum atomic E-state index is 11.5. The van der Waals surface area contributed by atoms with E-state index >= 15 is 0 Å². The molecular formula is C16H26BrN3O3S. The molecule has 0 aliphatic heterocycles. The van der Waals surface area contributed by atoms with Gasteiger partial charge in [0.15, 0.2) is 5.69 Å². The Bertz CT molecular complexity index is 457. The Morgan fingerprint density at radius 2 is 1.58 bits per heavy atom. The Balaban J connectivity index is 1.86. The van der Waals surface area contributed by atoms with E-state index in [2.05, 4.69) is 30.8 Å². The minimum Gasteiger partial charge on any atom is -0.449 e. The molecule has 1 rings (SSSR count). The van der Waals surface area contributed by atoms with Gasteiger partial charge in [-0.2, -0.15) is 0 Å². The van der Waals surface area contributed by atoms with Crippen LogP contribution in [0.4, 0.5) is 4.79 Å². The summed E-state index contributed by atoms with van der Waals surface area (Å²) in [5.74, 6) is -0.579. The van der Waals surface area contributed by atoms with E-state index in [4.69, 9.17) is 4.74 Å². The number of hydrogen-bond donors (Lipinski definition) is 1. The zero-order valence-corrected chi connectivity index (χ0v) is 16.4. The number of amides is 2. The molecule has 0 aliphatic rings. The van der Waals surface area contributed by atoms with Crippen molar-refractivity contribution in [3.8, 4) is 0 Å². The fraction of sp³-hybridized carbons (Fsp3) is 0.750. The summed E-state index contributed by atoms with van der Waals surface area (Å²) in [5.41, 5.74) is 0.129. The van der Waals surface area contributed by atoms with Gasteiger partial charge in [0.2, 0.25) is 0 Å². The zero-order valence-electron chi connectivity index (χ0n) is 14.0. The van der Waals surface area contributed by atoms with Crippen LogP contribution in [0.25, 0.3) is 0 Å². The summed E-state index contributed by atoms with van der Waals surface area (Å²) in [4.78, 5) is 23.0. The lowest BCUT2D eigenvalue weighted by Crippen LogP contribution is -2.31. The van der Waals surface area contributed by atoms with Gasteiger partial charge < -0.3 is 4.74 Å². The fourth-order valence-corrected chi connectivity index (χ4v) is 3.06. The molecule has 0 saturated heterocycles. The van der Waals surface area contributed by atoms with E-state index in [1.807, 2.05) is 0 Å². The van der Waals surface area contributed by atoms with Crippen molar-refractivity contribution in [1.29, 1.82) is 0 Å². The molecule has 0 aliphatic carbocycles. The van der Waals surface area contributed by atoms with Crippen LogP contribution in [0.2, 0.25) is 0 Å². The number of rotatable bonds is 13. The Morgan fingerprint density at radius 3 is 2.12 bits per heavy atom. The quantitative estimate of drug-likeness (QED) is 0.370. The van der Waals surface area contributed by atoms with Crippen molar-refractivity contribution in [1.82, 2.24) is 14.9 Å². The van der Waals surface area contributed by atoms with Crippen molar-refractivity contribution in [2.75, 3.05) is 11.9 Å². The summed E-state index contributed by atoms with van der Waals surface area (Å²) in [6.45, 7) is 0.334. The summed E-state index contributed by atoms with van der Waals surface area (Å²) >= 11 is 4.50. The van der Waals surface area contributed by atoms with E-state index in [1.165, 1.54) is 50.3 Å². The van der Waals surface area contributed by atoms with Crippen LogP contribution in [0.15, 0.2) is 5.38 Å². The summed E-state index contributed by atoms with van der Waals surface area (Å²) in [7, 11) is 0. The van der Waals surface area contributed by atoms with E-state index in [0.29, 0.717) is 6.61 Å². The first-order valence-electron chi connectivity index (χ1n) is 8.55. The standard InChI is InChI=1S/C16H26BrN3O3S/c17-11-9-7-5-3-1-2-4-6-8-10-12-23-16(22)18-15(21)14-13-24-20-19-14/h13H,1-12H2,(H,18,21,22). The van der Waals surface area contributed by atoms with Crippen LogP contribution in [0.5, 0.6) is 0 Å². The van der Waals surface area contributed by atoms with Crippen molar-refractivity contribution in [3.63, 3.8) is 0 Å². The number of alkyl carbamates (subject to hydrolysis) is 1. The van der Waals surface area contributed by atoms with E-state index in [0.717, 1.165) is 36.1 Å². The Kier molecular flexibility index (Phi) is 12.6. The number of ether oxygens (including phenoxy) is 1. The lowest BCUT2D eigenvalue weighted by Gasteiger charge is -2.05. The predicted octanol–water partition coefficient (Wildman–Crippen LogP) is 4.70. The summed E-state index contributed by atoms with van der Waals surface area (Å²) in [5, 5.41) is 8.30. The third-order valence-electron chi connectivity index (χ3n) is 3.57. The average molecular weight is 420 g/mol. The largest absolute Gasteiger partial charge is 0.449 e. The molecule has 1 aromatic rings. The van der Waals surface area contributed by atoms with Crippen LogP contribution in [0.3, 0.4) is 0 Å². The van der Waals surface area contributed by atoms with Gasteiger partial charge in [-0.3, -0.25) is 10.1 Å². The highest BCUT2D eigenvalue weighted by molar-refractivity contribution is 9.09. The van der Waals surface area contributed by atoms with Crippen LogP contribution in [-0.2, 0) is 4.74 Å². The van der Waals surface area contributed by atoms with Gasteiger partial charge in [-0.05, 0) is 24.4 Å². The normalized spacial score (nSPS) is 10.5. The van der Waals surface area contributed by atoms with Gasteiger partial charge in [0.05, 0.1) is 6.61 Å². The molecule has 0 unspecified atom stereocenters. The predicted molar refractivity (Wildman–Crippen MR) is 98.7 cm³/mol. The number of nitrogens with zero attached hydrogens (tertiary/aromatic N) is 2. The SMILES string of the molecule is O=C(NC(=O)c1csnn1)OCCCCCCCCCCCCBr. The number of imide groups is 1. The van der Waals surface area contributed by atoms with Crippen molar-refractivity contribution in [2.45, 2.75) is 64.2 Å². The number of alkyl halides is 1. The average Bonchev–Trinajstić information content (AvgIpc) is 3.10. The van der Waals surface area contributed by atoms with Gasteiger partial charge in [0.25, 0.3) is 5.91 Å². The number of carbonyl (C=O) groups excluding carboxylic acids is 2. The molecule has 24 heavy (non-hydrogen) atoms. The highest BCUT2D eigenvalue weighted by atomic mass is 79.9. The molecule has 1 N–H and O–H groups in total. The molecule has 0 aromatic carbocycles. The van der Waals surface area contributed by atoms with E-state index in [1.54, 1.807) is 0 Å². The first-order valence-corrected chi connectivity index (χ1v) is 10.5. The van der Waals surface area contributed by atoms with Crippen molar-refractivity contribution in [3.05, 3.63) is 11.1 Å². The second-order valence-electron chi connectivity index (χ2n) is 5.60. The van der Waals surface area contributed by atoms with Gasteiger partial charge in [-0.25, -0.2) is 4.79 Å². The highest BCUT2D eigenvalue weighted by Gasteiger charge is 2.13. The van der Waals surface area contributed by atoms with Crippen molar-refractivity contribution >= 4 is 39.5 Å². The Hall–Kier alpha value is -1.02. The van der Waals surface area contributed by atoms with Gasteiger partial charge >= 0.3 is 6.09 Å². The maximum absolute atomic E-state index is 11.5. The molecule has 2 amide bonds. The first-order chi connectivity index (χ1) is 11.7. The topological polar surface area (TPSA) is 81.2 Å². The molecule has 0 fully saturated rings. The second kappa shape index (κ2) is 14.3. The van der Waals surface area contributed by atoms with Crippen molar-refractivity contribution < 1.29 is 14.3 Å². The minimum absolute atomic E-state index is 0.129. The molecule has 6 nitrogen and oxygen atoms in total. The summed E-state index contributed by atoms with van der Waals surface area (Å²) in [6.07, 6.45) is 11.4. The highest BCUT2D eigenvalue weighted by Crippen LogP contribution is 2.11. The number of unbranched alkanes of at least 4 members (excludes halogenated alkanes) is 9. The molecule has 1 aromatic heterocycles. The molecule has 1 heterocycles. The molecule has 136 valence electrons. The fourth-order valence-electron chi connectivity index (χ4n) is 2.23. The van der Waals surface area contributed by atoms with Crippen LogP contribution in [0.1, 0.15) is 74.7 Å². The third kappa shape index (κ3) is 10.7.